The van der Waals surface area contributed by atoms with E-state index in [0.717, 1.165) is 19.3 Å². The van der Waals surface area contributed by atoms with E-state index in [9.17, 15) is 24.9 Å². The summed E-state index contributed by atoms with van der Waals surface area (Å²) < 4.78 is 0. The van der Waals surface area contributed by atoms with Crippen LogP contribution in [0.3, 0.4) is 0 Å². The van der Waals surface area contributed by atoms with E-state index in [2.05, 4.69) is 6.92 Å². The molecule has 0 radical (unpaired) electrons. The number of carbonyl (C=O) groups is 2. The summed E-state index contributed by atoms with van der Waals surface area (Å²) in [5, 5.41) is 30.4. The van der Waals surface area contributed by atoms with Crippen LogP contribution in [0.5, 0.6) is 0 Å². The molecule has 0 aliphatic heterocycles. The Morgan fingerprint density at radius 3 is 2.76 bits per heavy atom. The number of aliphatic hydroxyl groups excluding tert-OH is 2. The van der Waals surface area contributed by atoms with Crippen molar-refractivity contribution in [1.82, 2.24) is 0 Å². The van der Waals surface area contributed by atoms with Crippen LogP contribution in [0.15, 0.2) is 24.3 Å². The average molecular weight is 351 g/mol. The van der Waals surface area contributed by atoms with Gasteiger partial charge in [0.1, 0.15) is 5.78 Å². The zero-order chi connectivity index (χ0) is 18.7. The average Bonchev–Trinajstić information content (AvgIpc) is 2.82. The van der Waals surface area contributed by atoms with Crippen LogP contribution >= 0.6 is 0 Å². The molecule has 25 heavy (non-hydrogen) atoms. The van der Waals surface area contributed by atoms with Crippen molar-refractivity contribution in [2.24, 2.45) is 11.8 Å². The van der Waals surface area contributed by atoms with Gasteiger partial charge in [0.25, 0.3) is 0 Å². The molecule has 142 valence electrons. The third-order valence-corrected chi connectivity index (χ3v) is 4.71. The van der Waals surface area contributed by atoms with E-state index in [-0.39, 0.29) is 30.5 Å². The second kappa shape index (κ2) is 12.0. The zero-order valence-electron chi connectivity index (χ0n) is 15.1. The Labute approximate surface area is 150 Å². The topological polar surface area (TPSA) is 97.7 Å². The second-order valence-corrected chi connectivity index (χ2v) is 6.85. The van der Waals surface area contributed by atoms with Gasteiger partial charge in [-0.3, -0.25) is 4.79 Å². The van der Waals surface area contributed by atoms with Gasteiger partial charge < -0.3 is 20.1 Å². The van der Waals surface area contributed by atoms with Crippen molar-refractivity contribution in [2.75, 3.05) is 0 Å². The molecule has 0 saturated heterocycles. The minimum atomic E-state index is -1.05. The van der Waals surface area contributed by atoms with E-state index in [4.69, 9.17) is 0 Å². The highest BCUT2D eigenvalue weighted by Gasteiger charge is 2.39. The minimum Gasteiger partial charge on any atom is -0.550 e. The van der Waals surface area contributed by atoms with Gasteiger partial charge in [-0.25, -0.2) is 0 Å². The largest absolute Gasteiger partial charge is 0.550 e. The van der Waals surface area contributed by atoms with Gasteiger partial charge in [-0.05, 0) is 32.1 Å². The first-order chi connectivity index (χ1) is 12.0. The summed E-state index contributed by atoms with van der Waals surface area (Å²) in [6.45, 7) is 2.11. The van der Waals surface area contributed by atoms with Crippen LogP contribution in [0.25, 0.3) is 0 Å². The number of aliphatic carboxylic acids is 1. The highest BCUT2D eigenvalue weighted by atomic mass is 16.4. The molecule has 5 heteroatoms. The maximum atomic E-state index is 12.1. The van der Waals surface area contributed by atoms with E-state index in [1.165, 1.54) is 0 Å². The Hall–Kier alpha value is -1.46. The lowest BCUT2D eigenvalue weighted by Gasteiger charge is -2.17. The lowest BCUT2D eigenvalue weighted by Crippen LogP contribution is -2.21. The normalized spacial score (nSPS) is 25.2. The standard InChI is InChI=1S/C20H32O5/c1-2-3-6-9-15(21)12-13-17-16(18(22)14-19(17)23)10-7-4-5-8-11-20(24)25/h4,7,12-13,15-18,21-22H,2-3,5-6,8-11,14H2,1H3,(H,24,25)/p-1/b7-4-,13-12+/t15-,16?,17+,18-/m0/s1. The molecule has 5 nitrogen and oxygen atoms in total. The Morgan fingerprint density at radius 1 is 1.32 bits per heavy atom. The number of carbonyl (C=O) groups excluding carboxylic acids is 2. The number of Topliss-reactive ketones (excluding diaryl/α,β-unsaturated/α-hetero) is 1. The fourth-order valence-corrected chi connectivity index (χ4v) is 3.21. The third kappa shape index (κ3) is 8.45. The first-order valence-electron chi connectivity index (χ1n) is 9.37. The van der Waals surface area contributed by atoms with E-state index in [1.54, 1.807) is 12.2 Å². The summed E-state index contributed by atoms with van der Waals surface area (Å²) in [5.74, 6) is -1.57. The van der Waals surface area contributed by atoms with Crippen LogP contribution in [0.1, 0.15) is 64.7 Å². The highest BCUT2D eigenvalue weighted by Crippen LogP contribution is 2.33. The van der Waals surface area contributed by atoms with Crippen molar-refractivity contribution in [3.05, 3.63) is 24.3 Å². The molecule has 1 unspecified atom stereocenters. The summed E-state index contributed by atoms with van der Waals surface area (Å²) in [7, 11) is 0. The van der Waals surface area contributed by atoms with Crippen molar-refractivity contribution in [2.45, 2.75) is 76.9 Å². The monoisotopic (exact) mass is 351 g/mol. The fraction of sp³-hybridized carbons (Fsp3) is 0.700. The third-order valence-electron chi connectivity index (χ3n) is 4.71. The smallest absolute Gasteiger partial charge is 0.142 e. The van der Waals surface area contributed by atoms with Gasteiger partial charge >= 0.3 is 0 Å². The Bertz CT molecular complexity index is 469. The lowest BCUT2D eigenvalue weighted by molar-refractivity contribution is -0.305. The number of allylic oxidation sites excluding steroid dienone is 3. The molecule has 0 amide bonds. The Kier molecular flexibility index (Phi) is 10.3. The second-order valence-electron chi connectivity index (χ2n) is 6.85. The molecule has 1 fully saturated rings. The molecule has 0 aromatic heterocycles. The Balaban J connectivity index is 2.48. The first kappa shape index (κ1) is 21.6. The summed E-state index contributed by atoms with van der Waals surface area (Å²) >= 11 is 0. The lowest BCUT2D eigenvalue weighted by atomic mass is 9.90. The number of ketones is 1. The van der Waals surface area contributed by atoms with Crippen LogP contribution in [-0.2, 0) is 9.59 Å². The molecule has 2 N–H and O–H groups in total. The molecule has 1 rings (SSSR count). The van der Waals surface area contributed by atoms with Crippen molar-refractivity contribution in [3.8, 4) is 0 Å². The number of unbranched alkanes of at least 4 members (excludes halogenated alkanes) is 3. The van der Waals surface area contributed by atoms with Gasteiger partial charge in [0.05, 0.1) is 12.2 Å². The van der Waals surface area contributed by atoms with Gasteiger partial charge in [0, 0.05) is 24.2 Å². The molecule has 0 aromatic rings. The van der Waals surface area contributed by atoms with E-state index in [0.29, 0.717) is 25.7 Å². The van der Waals surface area contributed by atoms with Crippen LogP contribution in [0.2, 0.25) is 0 Å². The van der Waals surface area contributed by atoms with Crippen LogP contribution in [0.4, 0.5) is 0 Å². The van der Waals surface area contributed by atoms with Gasteiger partial charge in [-0.1, -0.05) is 50.5 Å². The Morgan fingerprint density at radius 2 is 2.08 bits per heavy atom. The number of rotatable bonds is 12. The van der Waals surface area contributed by atoms with Gasteiger partial charge in [-0.2, -0.15) is 0 Å². The number of hydrogen-bond donors (Lipinski definition) is 2. The number of aliphatic hydroxyl groups is 2. The molecule has 0 spiro atoms. The van der Waals surface area contributed by atoms with Crippen molar-refractivity contribution in [3.63, 3.8) is 0 Å². The predicted molar refractivity (Wildman–Crippen MR) is 94.5 cm³/mol. The molecule has 0 aromatic carbocycles. The highest BCUT2D eigenvalue weighted by molar-refractivity contribution is 5.86. The minimum absolute atomic E-state index is 0.0138. The number of hydrogen-bond acceptors (Lipinski definition) is 5. The van der Waals surface area contributed by atoms with E-state index >= 15 is 0 Å². The van der Waals surface area contributed by atoms with Crippen molar-refractivity contribution < 1.29 is 24.9 Å². The fourth-order valence-electron chi connectivity index (χ4n) is 3.21. The molecular weight excluding hydrogens is 320 g/mol. The number of carboxylic acid groups (broad SMARTS) is 1. The molecule has 1 aliphatic carbocycles. The molecular formula is C20H31O5-. The summed E-state index contributed by atoms with van der Waals surface area (Å²) in [6, 6.07) is 0. The van der Waals surface area contributed by atoms with Crippen molar-refractivity contribution >= 4 is 11.8 Å². The van der Waals surface area contributed by atoms with Crippen LogP contribution < -0.4 is 5.11 Å². The summed E-state index contributed by atoms with van der Waals surface area (Å²) in [5.41, 5.74) is 0. The molecule has 0 bridgehead atoms. The zero-order valence-corrected chi connectivity index (χ0v) is 15.1. The van der Waals surface area contributed by atoms with Gasteiger partial charge in [0.15, 0.2) is 0 Å². The summed E-state index contributed by atoms with van der Waals surface area (Å²) in [6.07, 6.45) is 11.8. The quantitative estimate of drug-likeness (QED) is 0.413. The maximum absolute atomic E-state index is 12.1. The molecule has 4 atom stereocenters. The van der Waals surface area contributed by atoms with Crippen molar-refractivity contribution in [1.29, 1.82) is 0 Å². The van der Waals surface area contributed by atoms with Gasteiger partial charge in [0.2, 0.25) is 0 Å². The predicted octanol–water partition coefficient (Wildman–Crippen LogP) is 1.92. The van der Waals surface area contributed by atoms with Gasteiger partial charge in [-0.15, -0.1) is 0 Å². The molecule has 0 heterocycles. The molecule has 1 aliphatic rings. The number of carboxylic acids is 1. The van der Waals surface area contributed by atoms with Crippen LogP contribution in [-0.4, -0.2) is 34.2 Å². The SMILES string of the molecule is CCCCC[C@H](O)/C=C/[C@H]1C(=O)C[C@H](O)C1C/C=C\CCCC(=O)[O-]. The first-order valence-corrected chi connectivity index (χ1v) is 9.37. The van der Waals surface area contributed by atoms with E-state index < -0.39 is 18.2 Å². The summed E-state index contributed by atoms with van der Waals surface area (Å²) in [4.78, 5) is 22.4. The van der Waals surface area contributed by atoms with E-state index in [1.807, 2.05) is 12.2 Å². The maximum Gasteiger partial charge on any atom is 0.142 e. The van der Waals surface area contributed by atoms with Crippen LogP contribution in [0, 0.1) is 11.8 Å². The molecule has 1 saturated carbocycles.